The average molecular weight is 430 g/mol. The molecule has 0 aliphatic heterocycles. The molecular weight excluding hydrogens is 402 g/mol. The molecule has 1 fully saturated rings. The molecule has 10 heteroatoms. The van der Waals surface area contributed by atoms with Gasteiger partial charge in [-0.25, -0.2) is 14.6 Å². The molecule has 0 unspecified atom stereocenters. The molecule has 0 saturated heterocycles. The highest BCUT2D eigenvalue weighted by atomic mass is 32.2. The first kappa shape index (κ1) is 20.8. The zero-order valence-corrected chi connectivity index (χ0v) is 17.7. The predicted molar refractivity (Wildman–Crippen MR) is 118 cm³/mol. The van der Waals surface area contributed by atoms with Crippen molar-refractivity contribution in [3.8, 4) is 0 Å². The van der Waals surface area contributed by atoms with Crippen molar-refractivity contribution in [2.75, 3.05) is 29.5 Å². The topological polar surface area (TPSA) is 121 Å². The van der Waals surface area contributed by atoms with Crippen LogP contribution in [0.3, 0.4) is 0 Å². The molecule has 4 N–H and O–H groups in total. The highest BCUT2D eigenvalue weighted by Crippen LogP contribution is 2.33. The quantitative estimate of drug-likeness (QED) is 0.231. The number of para-hydroxylation sites is 1. The van der Waals surface area contributed by atoms with Crippen molar-refractivity contribution < 1.29 is 10.2 Å². The summed E-state index contributed by atoms with van der Waals surface area (Å²) in [6.45, 7) is 3.48. The van der Waals surface area contributed by atoms with Gasteiger partial charge in [-0.05, 0) is 31.4 Å². The highest BCUT2D eigenvalue weighted by Gasteiger charge is 2.36. The minimum Gasteiger partial charge on any atom is -0.390 e. The molecule has 0 amide bonds. The van der Waals surface area contributed by atoms with Crippen LogP contribution in [0.15, 0.2) is 35.5 Å². The van der Waals surface area contributed by atoms with Gasteiger partial charge in [0, 0.05) is 24.5 Å². The molecule has 1 aliphatic carbocycles. The summed E-state index contributed by atoms with van der Waals surface area (Å²) in [5.41, 5.74) is 2.22. The Hall–Kier alpha value is -2.43. The summed E-state index contributed by atoms with van der Waals surface area (Å²) in [7, 11) is 0. The fraction of sp³-hybridized carbons (Fsp3) is 0.500. The van der Waals surface area contributed by atoms with Gasteiger partial charge >= 0.3 is 0 Å². The summed E-state index contributed by atoms with van der Waals surface area (Å²) in [6.07, 6.45) is 0.563. The van der Waals surface area contributed by atoms with Crippen molar-refractivity contribution >= 4 is 34.4 Å². The van der Waals surface area contributed by atoms with Crippen molar-refractivity contribution in [1.29, 1.82) is 0 Å². The van der Waals surface area contributed by atoms with Crippen LogP contribution in [0, 0.1) is 0 Å². The van der Waals surface area contributed by atoms with E-state index in [9.17, 15) is 10.2 Å². The zero-order chi connectivity index (χ0) is 20.9. The number of aromatic nitrogens is 5. The third-order valence-corrected chi connectivity index (χ3v) is 6.17. The largest absolute Gasteiger partial charge is 0.390 e. The first-order valence-electron chi connectivity index (χ1n) is 10.3. The van der Waals surface area contributed by atoms with Crippen LogP contribution < -0.4 is 10.6 Å². The molecule has 2 heterocycles. The molecule has 0 bridgehead atoms. The van der Waals surface area contributed by atoms with Crippen LogP contribution in [0.5, 0.6) is 0 Å². The lowest BCUT2D eigenvalue weighted by Crippen LogP contribution is -2.28. The Balaban J connectivity index is 1.55. The van der Waals surface area contributed by atoms with Crippen LogP contribution in [0.2, 0.25) is 0 Å². The summed E-state index contributed by atoms with van der Waals surface area (Å²) in [6, 6.07) is 9.68. The molecule has 4 rings (SSSR count). The number of benzene rings is 1. The van der Waals surface area contributed by atoms with Gasteiger partial charge in [0.05, 0.1) is 12.1 Å². The lowest BCUT2D eigenvalue weighted by atomic mass is 10.2. The van der Waals surface area contributed by atoms with Gasteiger partial charge in [-0.1, -0.05) is 42.1 Å². The Morgan fingerprint density at radius 1 is 1.10 bits per heavy atom. The van der Waals surface area contributed by atoms with Gasteiger partial charge in [0.25, 0.3) is 0 Å². The fourth-order valence-electron chi connectivity index (χ4n) is 3.56. The number of nitrogens with zero attached hydrogens (tertiary/aromatic N) is 5. The van der Waals surface area contributed by atoms with Crippen molar-refractivity contribution in [2.24, 2.45) is 0 Å². The van der Waals surface area contributed by atoms with E-state index in [0.717, 1.165) is 17.9 Å². The number of nitrogens with one attached hydrogen (secondary N) is 2. The van der Waals surface area contributed by atoms with E-state index in [0.29, 0.717) is 48.1 Å². The van der Waals surface area contributed by atoms with E-state index in [1.54, 1.807) is 16.4 Å². The van der Waals surface area contributed by atoms with Crippen LogP contribution in [0.4, 0.5) is 11.5 Å². The number of anilines is 2. The maximum absolute atomic E-state index is 10.3. The number of thioether (sulfide) groups is 1. The number of aliphatic hydroxyl groups is 2. The SMILES string of the molecule is CCCSc1nc(NCCNc2ccccc2)c2nnn([C@@H]3CC[C@@H](O)[C@H]3O)c2n1. The standard InChI is InChI=1S/C20H27N7O2S/c1-2-12-30-20-23-18(22-11-10-21-13-6-4-3-5-7-13)16-19(24-20)27(26-25-16)14-8-9-15(28)17(14)29/h3-7,14-15,17,21,28-29H,2,8-12H2,1H3,(H,22,23,24)/t14-,15-,17+/m1/s1. The van der Waals surface area contributed by atoms with E-state index in [2.05, 4.69) is 37.8 Å². The minimum atomic E-state index is -0.872. The van der Waals surface area contributed by atoms with Crippen molar-refractivity contribution in [3.05, 3.63) is 30.3 Å². The lowest BCUT2D eigenvalue weighted by molar-refractivity contribution is 0.0215. The molecule has 1 aromatic carbocycles. The lowest BCUT2D eigenvalue weighted by Gasteiger charge is -2.16. The second-order valence-electron chi connectivity index (χ2n) is 7.33. The maximum Gasteiger partial charge on any atom is 0.191 e. The van der Waals surface area contributed by atoms with Crippen LogP contribution in [-0.4, -0.2) is 66.2 Å². The molecule has 3 atom stereocenters. The second kappa shape index (κ2) is 9.59. The minimum absolute atomic E-state index is 0.337. The molecule has 1 aliphatic rings. The molecule has 3 aromatic rings. The summed E-state index contributed by atoms with van der Waals surface area (Å²) in [4.78, 5) is 9.30. The van der Waals surface area contributed by atoms with Gasteiger partial charge in [0.2, 0.25) is 0 Å². The Bertz CT molecular complexity index is 968. The highest BCUT2D eigenvalue weighted by molar-refractivity contribution is 7.99. The molecule has 160 valence electrons. The summed E-state index contributed by atoms with van der Waals surface area (Å²) in [5, 5.41) is 36.2. The number of fused-ring (bicyclic) bond motifs is 1. The smallest absolute Gasteiger partial charge is 0.191 e. The molecule has 2 aromatic heterocycles. The Morgan fingerprint density at radius 3 is 2.63 bits per heavy atom. The third-order valence-electron chi connectivity index (χ3n) is 5.12. The van der Waals surface area contributed by atoms with Crippen LogP contribution >= 0.6 is 11.8 Å². The first-order valence-corrected chi connectivity index (χ1v) is 11.3. The van der Waals surface area contributed by atoms with Gasteiger partial charge in [0.1, 0.15) is 6.10 Å². The average Bonchev–Trinajstić information content (AvgIpc) is 3.33. The van der Waals surface area contributed by atoms with E-state index < -0.39 is 12.2 Å². The monoisotopic (exact) mass is 429 g/mol. The van der Waals surface area contributed by atoms with Gasteiger partial charge in [-0.2, -0.15) is 0 Å². The molecule has 1 saturated carbocycles. The molecule has 0 radical (unpaired) electrons. The van der Waals surface area contributed by atoms with Crippen LogP contribution in [-0.2, 0) is 0 Å². The fourth-order valence-corrected chi connectivity index (χ4v) is 4.26. The van der Waals surface area contributed by atoms with Crippen LogP contribution in [0.1, 0.15) is 32.2 Å². The molecular formula is C20H27N7O2S. The summed E-state index contributed by atoms with van der Waals surface area (Å²) in [5.74, 6) is 1.54. The predicted octanol–water partition coefficient (Wildman–Crippen LogP) is 2.30. The van der Waals surface area contributed by atoms with Gasteiger partial charge in [-0.15, -0.1) is 5.10 Å². The normalized spacial score (nSPS) is 21.2. The molecule has 9 nitrogen and oxygen atoms in total. The molecule has 30 heavy (non-hydrogen) atoms. The maximum atomic E-state index is 10.3. The van der Waals surface area contributed by atoms with Gasteiger partial charge < -0.3 is 20.8 Å². The molecule has 0 spiro atoms. The van der Waals surface area contributed by atoms with Crippen molar-refractivity contribution in [1.82, 2.24) is 25.0 Å². The number of hydrogen-bond donors (Lipinski definition) is 4. The van der Waals surface area contributed by atoms with E-state index in [1.807, 2.05) is 30.3 Å². The first-order chi connectivity index (χ1) is 14.7. The van der Waals surface area contributed by atoms with Crippen LogP contribution in [0.25, 0.3) is 11.2 Å². The Kier molecular flexibility index (Phi) is 6.66. The summed E-state index contributed by atoms with van der Waals surface area (Å²) < 4.78 is 1.64. The van der Waals surface area contributed by atoms with E-state index in [4.69, 9.17) is 0 Å². The van der Waals surface area contributed by atoms with E-state index in [1.165, 1.54) is 0 Å². The van der Waals surface area contributed by atoms with Crippen molar-refractivity contribution in [2.45, 2.75) is 49.6 Å². The van der Waals surface area contributed by atoms with E-state index in [-0.39, 0.29) is 6.04 Å². The van der Waals surface area contributed by atoms with Gasteiger partial charge in [0.15, 0.2) is 22.1 Å². The zero-order valence-electron chi connectivity index (χ0n) is 16.9. The van der Waals surface area contributed by atoms with E-state index >= 15 is 0 Å². The summed E-state index contributed by atoms with van der Waals surface area (Å²) >= 11 is 1.58. The number of rotatable bonds is 9. The number of hydrogen-bond acceptors (Lipinski definition) is 9. The van der Waals surface area contributed by atoms with Crippen molar-refractivity contribution in [3.63, 3.8) is 0 Å². The Labute approximate surface area is 179 Å². The Morgan fingerprint density at radius 2 is 1.90 bits per heavy atom. The third kappa shape index (κ3) is 4.50. The number of aliphatic hydroxyl groups excluding tert-OH is 2. The second-order valence-corrected chi connectivity index (χ2v) is 8.39. The van der Waals surface area contributed by atoms with Gasteiger partial charge in [-0.3, -0.25) is 0 Å².